The van der Waals surface area contributed by atoms with Crippen LogP contribution in [0.4, 0.5) is 0 Å². The van der Waals surface area contributed by atoms with Crippen LogP contribution in [-0.2, 0) is 21.4 Å². The van der Waals surface area contributed by atoms with E-state index in [-0.39, 0.29) is 29.1 Å². The van der Waals surface area contributed by atoms with Crippen LogP contribution in [0.2, 0.25) is 0 Å². The third-order valence-electron chi connectivity index (χ3n) is 6.54. The molecule has 2 aliphatic carbocycles. The fourth-order valence-electron chi connectivity index (χ4n) is 5.11. The lowest BCUT2D eigenvalue weighted by Crippen LogP contribution is -2.47. The Kier molecular flexibility index (Phi) is 4.74. The molecule has 2 amide bonds. The van der Waals surface area contributed by atoms with Crippen molar-refractivity contribution in [3.05, 3.63) is 35.4 Å². The van der Waals surface area contributed by atoms with E-state index >= 15 is 0 Å². The molecule has 26 heavy (non-hydrogen) atoms. The van der Waals surface area contributed by atoms with Crippen molar-refractivity contribution in [3.8, 4) is 0 Å². The van der Waals surface area contributed by atoms with E-state index in [4.69, 9.17) is 5.73 Å². The number of piperidine rings is 1. The van der Waals surface area contributed by atoms with Crippen molar-refractivity contribution in [2.24, 2.45) is 17.6 Å². The number of hydrogen-bond donors (Lipinski definition) is 2. The quantitative estimate of drug-likeness (QED) is 0.861. The molecular weight excluding hydrogens is 326 g/mol. The van der Waals surface area contributed by atoms with E-state index in [0.717, 1.165) is 38.6 Å². The molecule has 1 heterocycles. The van der Waals surface area contributed by atoms with Gasteiger partial charge in [0.15, 0.2) is 0 Å². The molecule has 3 atom stereocenters. The number of benzene rings is 1. The fourth-order valence-corrected chi connectivity index (χ4v) is 5.11. The monoisotopic (exact) mass is 355 g/mol. The molecule has 140 valence electrons. The van der Waals surface area contributed by atoms with Gasteiger partial charge in [-0.15, -0.1) is 0 Å². The number of rotatable bonds is 4. The zero-order chi connectivity index (χ0) is 18.1. The van der Waals surface area contributed by atoms with E-state index < -0.39 is 0 Å². The van der Waals surface area contributed by atoms with E-state index in [2.05, 4.69) is 29.6 Å². The number of nitrogens with zero attached hydrogens (tertiary/aromatic N) is 1. The Morgan fingerprint density at radius 1 is 1.27 bits per heavy atom. The summed E-state index contributed by atoms with van der Waals surface area (Å²) in [4.78, 5) is 27.4. The third-order valence-corrected chi connectivity index (χ3v) is 6.54. The minimum atomic E-state index is -0.0902. The van der Waals surface area contributed by atoms with E-state index in [9.17, 15) is 9.59 Å². The summed E-state index contributed by atoms with van der Waals surface area (Å²) >= 11 is 0. The number of hydrogen-bond acceptors (Lipinski definition) is 3. The molecule has 5 nitrogen and oxygen atoms in total. The van der Waals surface area contributed by atoms with Crippen LogP contribution in [0.1, 0.15) is 43.2 Å². The molecule has 5 heteroatoms. The Balaban J connectivity index is 1.44. The second-order valence-corrected chi connectivity index (χ2v) is 8.13. The van der Waals surface area contributed by atoms with E-state index in [1.54, 1.807) is 0 Å². The van der Waals surface area contributed by atoms with Crippen molar-refractivity contribution in [3.63, 3.8) is 0 Å². The van der Waals surface area contributed by atoms with Gasteiger partial charge in [0.25, 0.3) is 0 Å². The van der Waals surface area contributed by atoms with Crippen LogP contribution in [0.3, 0.4) is 0 Å². The van der Waals surface area contributed by atoms with Crippen LogP contribution in [0.15, 0.2) is 24.3 Å². The minimum absolute atomic E-state index is 0.0430. The van der Waals surface area contributed by atoms with Crippen LogP contribution in [0.5, 0.6) is 0 Å². The fraction of sp³-hybridized carbons (Fsp3) is 0.619. The van der Waals surface area contributed by atoms with Crippen molar-refractivity contribution in [1.29, 1.82) is 0 Å². The Hall–Kier alpha value is -1.88. The smallest absolute Gasteiger partial charge is 0.226 e. The van der Waals surface area contributed by atoms with Gasteiger partial charge in [-0.2, -0.15) is 0 Å². The van der Waals surface area contributed by atoms with Gasteiger partial charge in [0.1, 0.15) is 0 Å². The molecule has 1 aliphatic heterocycles. The first-order chi connectivity index (χ1) is 12.7. The zero-order valence-corrected chi connectivity index (χ0v) is 15.4. The molecular formula is C21H29N3O2. The highest BCUT2D eigenvalue weighted by molar-refractivity contribution is 5.86. The largest absolute Gasteiger partial charge is 0.355 e. The van der Waals surface area contributed by atoms with Gasteiger partial charge in [0.2, 0.25) is 11.8 Å². The number of likely N-dealkylation sites (tertiary alicyclic amines) is 1. The summed E-state index contributed by atoms with van der Waals surface area (Å²) in [6.45, 7) is 2.30. The Labute approximate surface area is 155 Å². The summed E-state index contributed by atoms with van der Waals surface area (Å²) in [7, 11) is 0. The third kappa shape index (κ3) is 3.02. The maximum absolute atomic E-state index is 13.2. The summed E-state index contributed by atoms with van der Waals surface area (Å²) in [5, 5.41) is 2.87. The first kappa shape index (κ1) is 17.5. The summed E-state index contributed by atoms with van der Waals surface area (Å²) in [5.41, 5.74) is 8.36. The zero-order valence-electron chi connectivity index (χ0n) is 15.4. The van der Waals surface area contributed by atoms with Gasteiger partial charge in [-0.25, -0.2) is 0 Å². The number of amides is 2. The molecule has 0 bridgehead atoms. The standard InChI is InChI=1S/C21H29N3O2/c22-10-11-23-19(25)16-7-4-12-24(14-16)20(26)18-13-21(18)9-3-6-15-5-1-2-8-17(15)21/h1-2,5,8,16,18H,3-4,6-7,9-14,22H2,(H,23,25). The van der Waals surface area contributed by atoms with Crippen LogP contribution in [-0.4, -0.2) is 42.9 Å². The second-order valence-electron chi connectivity index (χ2n) is 8.13. The van der Waals surface area contributed by atoms with E-state index in [1.807, 2.05) is 4.90 Å². The Morgan fingerprint density at radius 2 is 2.12 bits per heavy atom. The topological polar surface area (TPSA) is 75.4 Å². The van der Waals surface area contributed by atoms with Crippen molar-refractivity contribution in [2.75, 3.05) is 26.2 Å². The Bertz CT molecular complexity index is 704. The molecule has 1 saturated carbocycles. The maximum atomic E-state index is 13.2. The number of carbonyl (C=O) groups is 2. The first-order valence-corrected chi connectivity index (χ1v) is 10.0. The van der Waals surface area contributed by atoms with Gasteiger partial charge < -0.3 is 16.0 Å². The molecule has 4 rings (SSSR count). The minimum Gasteiger partial charge on any atom is -0.355 e. The maximum Gasteiger partial charge on any atom is 0.226 e. The van der Waals surface area contributed by atoms with E-state index in [0.29, 0.717) is 19.6 Å². The number of nitrogens with two attached hydrogens (primary N) is 1. The van der Waals surface area contributed by atoms with Gasteiger partial charge >= 0.3 is 0 Å². The Morgan fingerprint density at radius 3 is 2.96 bits per heavy atom. The molecule has 1 saturated heterocycles. The molecule has 1 aromatic carbocycles. The molecule has 3 aliphatic rings. The molecule has 3 unspecified atom stereocenters. The summed E-state index contributed by atoms with van der Waals surface area (Å²) in [6.07, 6.45) is 6.16. The number of aryl methyl sites for hydroxylation is 1. The van der Waals surface area contributed by atoms with Gasteiger partial charge in [-0.3, -0.25) is 9.59 Å². The second kappa shape index (κ2) is 7.03. The summed E-state index contributed by atoms with van der Waals surface area (Å²) in [6, 6.07) is 8.65. The molecule has 0 radical (unpaired) electrons. The van der Waals surface area contributed by atoms with E-state index in [1.165, 1.54) is 17.5 Å². The highest BCUT2D eigenvalue weighted by atomic mass is 16.2. The van der Waals surface area contributed by atoms with Gasteiger partial charge in [-0.1, -0.05) is 24.3 Å². The van der Waals surface area contributed by atoms with Crippen LogP contribution < -0.4 is 11.1 Å². The normalized spacial score (nSPS) is 30.0. The van der Waals surface area contributed by atoms with Crippen molar-refractivity contribution < 1.29 is 9.59 Å². The molecule has 2 fully saturated rings. The number of fused-ring (bicyclic) bond motifs is 2. The average Bonchev–Trinajstić information content (AvgIpc) is 3.40. The predicted molar refractivity (Wildman–Crippen MR) is 101 cm³/mol. The lowest BCUT2D eigenvalue weighted by Gasteiger charge is -2.33. The van der Waals surface area contributed by atoms with Crippen molar-refractivity contribution >= 4 is 11.8 Å². The van der Waals surface area contributed by atoms with Gasteiger partial charge in [0, 0.05) is 37.5 Å². The van der Waals surface area contributed by atoms with Gasteiger partial charge in [0.05, 0.1) is 5.92 Å². The summed E-state index contributed by atoms with van der Waals surface area (Å²) < 4.78 is 0. The molecule has 0 aromatic heterocycles. The molecule has 1 aromatic rings. The highest BCUT2D eigenvalue weighted by Gasteiger charge is 2.61. The van der Waals surface area contributed by atoms with Crippen LogP contribution >= 0.6 is 0 Å². The number of carbonyl (C=O) groups excluding carboxylic acids is 2. The highest BCUT2D eigenvalue weighted by Crippen LogP contribution is 2.60. The predicted octanol–water partition coefficient (Wildman–Crippen LogP) is 1.59. The average molecular weight is 355 g/mol. The lowest BCUT2D eigenvalue weighted by atomic mass is 9.78. The summed E-state index contributed by atoms with van der Waals surface area (Å²) in [5.74, 6) is 0.321. The number of nitrogens with one attached hydrogen (secondary N) is 1. The van der Waals surface area contributed by atoms with Crippen molar-refractivity contribution in [2.45, 2.75) is 43.9 Å². The van der Waals surface area contributed by atoms with Crippen LogP contribution in [0, 0.1) is 11.8 Å². The molecule has 3 N–H and O–H groups in total. The van der Waals surface area contributed by atoms with Crippen LogP contribution in [0.25, 0.3) is 0 Å². The molecule has 1 spiro atoms. The SMILES string of the molecule is NCCNC(=O)C1CCCN(C(=O)C2CC23CCCc2ccccc23)C1. The van der Waals surface area contributed by atoms with Gasteiger partial charge in [-0.05, 0) is 49.7 Å². The first-order valence-electron chi connectivity index (χ1n) is 10.0. The van der Waals surface area contributed by atoms with Crippen molar-refractivity contribution in [1.82, 2.24) is 10.2 Å². The lowest BCUT2D eigenvalue weighted by molar-refractivity contribution is -0.137.